The van der Waals surface area contributed by atoms with Crippen molar-refractivity contribution in [2.45, 2.75) is 39.8 Å². The molecule has 0 aromatic rings. The van der Waals surface area contributed by atoms with Gasteiger partial charge in [0.2, 0.25) is 5.91 Å². The summed E-state index contributed by atoms with van der Waals surface area (Å²) in [6.07, 6.45) is -2.35. The summed E-state index contributed by atoms with van der Waals surface area (Å²) in [4.78, 5) is 16.3. The maximum Gasteiger partial charge on any atom is 0.406 e. The lowest BCUT2D eigenvalue weighted by molar-refractivity contribution is -0.157. The summed E-state index contributed by atoms with van der Waals surface area (Å²) in [5, 5.41) is 6.09. The Hall–Kier alpha value is -1.47. The monoisotopic (exact) mass is 324 g/mol. The third kappa shape index (κ3) is 9.46. The summed E-state index contributed by atoms with van der Waals surface area (Å²) in [7, 11) is 1.12. The smallest absolute Gasteiger partial charge is 0.357 e. The van der Waals surface area contributed by atoms with Gasteiger partial charge in [0.1, 0.15) is 13.1 Å². The van der Waals surface area contributed by atoms with E-state index in [0.717, 1.165) is 19.9 Å². The third-order valence-electron chi connectivity index (χ3n) is 3.27. The molecule has 0 aliphatic heterocycles. The van der Waals surface area contributed by atoms with Crippen molar-refractivity contribution in [3.05, 3.63) is 0 Å². The van der Waals surface area contributed by atoms with E-state index in [0.29, 0.717) is 29.9 Å². The predicted octanol–water partition coefficient (Wildman–Crippen LogP) is 2.00. The molecule has 8 heteroatoms. The summed E-state index contributed by atoms with van der Waals surface area (Å²) in [5.74, 6) is 0.271. The molecule has 1 amide bonds. The highest BCUT2D eigenvalue weighted by Gasteiger charge is 2.30. The van der Waals surface area contributed by atoms with Gasteiger partial charge in [-0.05, 0) is 12.8 Å². The molecule has 130 valence electrons. The maximum atomic E-state index is 12.2. The molecular formula is C14H27F3N4O. The summed E-state index contributed by atoms with van der Waals surface area (Å²) in [6.45, 7) is 5.81. The van der Waals surface area contributed by atoms with E-state index in [-0.39, 0.29) is 6.54 Å². The molecule has 2 N–H and O–H groups in total. The SMILES string of the molecule is CCNC(=NCC(=O)N(C)CC(F)(F)F)NCC(CC)CC. The number of nitrogens with one attached hydrogen (secondary N) is 2. The molecule has 0 unspecified atom stereocenters. The van der Waals surface area contributed by atoms with Gasteiger partial charge < -0.3 is 15.5 Å². The van der Waals surface area contributed by atoms with Gasteiger partial charge in [0, 0.05) is 20.1 Å². The van der Waals surface area contributed by atoms with E-state index in [1.807, 2.05) is 6.92 Å². The zero-order valence-electron chi connectivity index (χ0n) is 13.8. The van der Waals surface area contributed by atoms with E-state index in [4.69, 9.17) is 0 Å². The minimum atomic E-state index is -4.40. The topological polar surface area (TPSA) is 56.7 Å². The third-order valence-corrected chi connectivity index (χ3v) is 3.27. The van der Waals surface area contributed by atoms with E-state index in [2.05, 4.69) is 29.5 Å². The summed E-state index contributed by atoms with van der Waals surface area (Å²) >= 11 is 0. The molecule has 0 aromatic heterocycles. The maximum absolute atomic E-state index is 12.2. The van der Waals surface area contributed by atoms with Gasteiger partial charge >= 0.3 is 6.18 Å². The molecule has 0 heterocycles. The average molecular weight is 324 g/mol. The van der Waals surface area contributed by atoms with Crippen molar-refractivity contribution in [1.82, 2.24) is 15.5 Å². The first-order valence-corrected chi connectivity index (χ1v) is 7.56. The number of carbonyl (C=O) groups is 1. The van der Waals surface area contributed by atoms with Crippen LogP contribution in [0.25, 0.3) is 0 Å². The first kappa shape index (κ1) is 20.5. The predicted molar refractivity (Wildman–Crippen MR) is 81.7 cm³/mol. The first-order chi connectivity index (χ1) is 10.2. The van der Waals surface area contributed by atoms with Crippen LogP contribution < -0.4 is 10.6 Å². The van der Waals surface area contributed by atoms with Gasteiger partial charge in [-0.2, -0.15) is 13.2 Å². The van der Waals surface area contributed by atoms with Gasteiger partial charge in [-0.15, -0.1) is 0 Å². The highest BCUT2D eigenvalue weighted by atomic mass is 19.4. The Morgan fingerprint density at radius 3 is 2.23 bits per heavy atom. The molecule has 0 aliphatic rings. The molecule has 0 fully saturated rings. The molecule has 0 spiro atoms. The number of likely N-dealkylation sites (N-methyl/N-ethyl adjacent to an activating group) is 1. The van der Waals surface area contributed by atoms with Gasteiger partial charge in [-0.25, -0.2) is 4.99 Å². The zero-order valence-corrected chi connectivity index (χ0v) is 13.8. The number of carbonyl (C=O) groups excluding carboxylic acids is 1. The number of halogens is 3. The Balaban J connectivity index is 4.50. The van der Waals surface area contributed by atoms with E-state index in [1.165, 1.54) is 0 Å². The van der Waals surface area contributed by atoms with Crippen LogP contribution in [0.2, 0.25) is 0 Å². The van der Waals surface area contributed by atoms with Crippen molar-refractivity contribution >= 4 is 11.9 Å². The number of hydrogen-bond donors (Lipinski definition) is 2. The molecule has 0 aromatic carbocycles. The van der Waals surface area contributed by atoms with Crippen LogP contribution in [0.1, 0.15) is 33.6 Å². The van der Waals surface area contributed by atoms with Crippen LogP contribution in [-0.4, -0.2) is 56.2 Å². The van der Waals surface area contributed by atoms with Crippen LogP contribution in [0.15, 0.2) is 4.99 Å². The van der Waals surface area contributed by atoms with Crippen molar-refractivity contribution in [3.8, 4) is 0 Å². The molecule has 0 rings (SSSR count). The van der Waals surface area contributed by atoms with Crippen LogP contribution in [0.4, 0.5) is 13.2 Å². The van der Waals surface area contributed by atoms with Gasteiger partial charge in [-0.3, -0.25) is 4.79 Å². The van der Waals surface area contributed by atoms with Gasteiger partial charge in [0.05, 0.1) is 0 Å². The Labute approximate surface area is 130 Å². The lowest BCUT2D eigenvalue weighted by atomic mass is 10.0. The number of alkyl halides is 3. The average Bonchev–Trinajstić information content (AvgIpc) is 2.43. The fourth-order valence-corrected chi connectivity index (χ4v) is 1.78. The molecule has 0 bridgehead atoms. The van der Waals surface area contributed by atoms with Crippen molar-refractivity contribution in [2.24, 2.45) is 10.9 Å². The van der Waals surface area contributed by atoms with E-state index >= 15 is 0 Å². The summed E-state index contributed by atoms with van der Waals surface area (Å²) in [5.41, 5.74) is 0. The van der Waals surface area contributed by atoms with Crippen molar-refractivity contribution in [2.75, 3.05) is 33.2 Å². The number of nitrogens with zero attached hydrogens (tertiary/aromatic N) is 2. The van der Waals surface area contributed by atoms with Crippen LogP contribution in [0, 0.1) is 5.92 Å². The summed E-state index contributed by atoms with van der Waals surface area (Å²) < 4.78 is 36.7. The number of rotatable bonds is 8. The highest BCUT2D eigenvalue weighted by Crippen LogP contribution is 2.15. The fourth-order valence-electron chi connectivity index (χ4n) is 1.78. The minimum Gasteiger partial charge on any atom is -0.357 e. The standard InChI is InChI=1S/C14H27F3N4O/c1-5-11(6-2)8-19-13(18-7-3)20-9-12(22)21(4)10-14(15,16)17/h11H,5-10H2,1-4H3,(H2,18,19,20). The lowest BCUT2D eigenvalue weighted by Gasteiger charge is -2.19. The molecule has 0 saturated heterocycles. The van der Waals surface area contributed by atoms with Gasteiger partial charge in [-0.1, -0.05) is 26.7 Å². The molecule has 0 atom stereocenters. The number of amides is 1. The molecular weight excluding hydrogens is 297 g/mol. The molecule has 0 aliphatic carbocycles. The van der Waals surface area contributed by atoms with Gasteiger partial charge in [0.15, 0.2) is 5.96 Å². The lowest BCUT2D eigenvalue weighted by Crippen LogP contribution is -2.41. The normalized spacial score (nSPS) is 12.5. The molecule has 22 heavy (non-hydrogen) atoms. The fraction of sp³-hybridized carbons (Fsp3) is 0.857. The van der Waals surface area contributed by atoms with Gasteiger partial charge in [0.25, 0.3) is 0 Å². The Morgan fingerprint density at radius 1 is 1.18 bits per heavy atom. The van der Waals surface area contributed by atoms with Crippen molar-refractivity contribution in [3.63, 3.8) is 0 Å². The van der Waals surface area contributed by atoms with Crippen LogP contribution in [-0.2, 0) is 4.79 Å². The van der Waals surface area contributed by atoms with Crippen molar-refractivity contribution in [1.29, 1.82) is 0 Å². The number of guanidine groups is 1. The molecule has 5 nitrogen and oxygen atoms in total. The minimum absolute atomic E-state index is 0.315. The largest absolute Gasteiger partial charge is 0.406 e. The highest BCUT2D eigenvalue weighted by molar-refractivity contribution is 5.84. The van der Waals surface area contributed by atoms with Crippen LogP contribution >= 0.6 is 0 Å². The second kappa shape index (κ2) is 10.3. The number of aliphatic imine (C=N–C) groups is 1. The van der Waals surface area contributed by atoms with Crippen LogP contribution in [0.5, 0.6) is 0 Å². The van der Waals surface area contributed by atoms with E-state index in [9.17, 15) is 18.0 Å². The summed E-state index contributed by atoms with van der Waals surface area (Å²) in [6, 6.07) is 0. The second-order valence-electron chi connectivity index (χ2n) is 5.12. The second-order valence-corrected chi connectivity index (χ2v) is 5.12. The Bertz CT molecular complexity index is 354. The first-order valence-electron chi connectivity index (χ1n) is 7.56. The Kier molecular flexibility index (Phi) is 9.60. The van der Waals surface area contributed by atoms with E-state index < -0.39 is 18.6 Å². The van der Waals surface area contributed by atoms with Crippen LogP contribution in [0.3, 0.4) is 0 Å². The van der Waals surface area contributed by atoms with E-state index in [1.54, 1.807) is 0 Å². The number of hydrogen-bond acceptors (Lipinski definition) is 2. The molecule has 0 radical (unpaired) electrons. The van der Waals surface area contributed by atoms with Crippen molar-refractivity contribution < 1.29 is 18.0 Å². The quantitative estimate of drug-likeness (QED) is 0.530. The molecule has 0 saturated carbocycles. The zero-order chi connectivity index (χ0) is 17.2. The Morgan fingerprint density at radius 2 is 1.77 bits per heavy atom.